The molecule has 1 aromatic rings. The lowest BCUT2D eigenvalue weighted by molar-refractivity contribution is -0.120. The molecule has 1 N–H and O–H groups in total. The van der Waals surface area contributed by atoms with E-state index in [-0.39, 0.29) is 5.91 Å². The molecule has 0 fully saturated rings. The molecule has 0 spiro atoms. The molecule has 0 unspecified atom stereocenters. The Morgan fingerprint density at radius 1 is 1.31 bits per heavy atom. The van der Waals surface area contributed by atoms with E-state index < -0.39 is 0 Å². The van der Waals surface area contributed by atoms with E-state index in [9.17, 15) is 4.79 Å². The van der Waals surface area contributed by atoms with Crippen molar-refractivity contribution in [3.8, 4) is 0 Å². The fourth-order valence-electron chi connectivity index (χ4n) is 1.60. The van der Waals surface area contributed by atoms with Gasteiger partial charge in [0.25, 0.3) is 0 Å². The van der Waals surface area contributed by atoms with Crippen molar-refractivity contribution in [1.29, 1.82) is 0 Å². The maximum Gasteiger partial charge on any atom is 0.224 e. The average Bonchev–Trinajstić information content (AvgIpc) is 2.19. The maximum atomic E-state index is 11.6. The first-order chi connectivity index (χ1) is 7.49. The molecule has 16 heavy (non-hydrogen) atoms. The van der Waals surface area contributed by atoms with Crippen LogP contribution in [0, 0.1) is 19.8 Å². The van der Waals surface area contributed by atoms with E-state index in [0.717, 1.165) is 12.1 Å². The number of hydrogen-bond acceptors (Lipinski definition) is 1. The van der Waals surface area contributed by atoms with Crippen LogP contribution in [0.3, 0.4) is 0 Å². The zero-order chi connectivity index (χ0) is 12.1. The van der Waals surface area contributed by atoms with E-state index in [4.69, 9.17) is 0 Å². The third-order valence-electron chi connectivity index (χ3n) is 2.56. The fraction of sp³-hybridized carbons (Fsp3) is 0.500. The number of amides is 1. The maximum absolute atomic E-state index is 11.6. The van der Waals surface area contributed by atoms with Crippen molar-refractivity contribution in [1.82, 2.24) is 5.32 Å². The first-order valence-electron chi connectivity index (χ1n) is 5.82. The van der Waals surface area contributed by atoms with Gasteiger partial charge >= 0.3 is 0 Å². The van der Waals surface area contributed by atoms with Gasteiger partial charge in [-0.05, 0) is 30.9 Å². The summed E-state index contributed by atoms with van der Waals surface area (Å²) >= 11 is 0. The highest BCUT2D eigenvalue weighted by molar-refractivity contribution is 5.78. The Kier molecular flexibility index (Phi) is 4.53. The molecule has 0 bridgehead atoms. The average molecular weight is 219 g/mol. The van der Waals surface area contributed by atoms with Crippen LogP contribution in [0.15, 0.2) is 18.2 Å². The molecule has 0 radical (unpaired) electrons. The topological polar surface area (TPSA) is 29.1 Å². The van der Waals surface area contributed by atoms with Crippen LogP contribution >= 0.6 is 0 Å². The summed E-state index contributed by atoms with van der Waals surface area (Å²) in [6.07, 6.45) is 0.485. The second kappa shape index (κ2) is 5.69. The lowest BCUT2D eigenvalue weighted by Gasteiger charge is -2.09. The summed E-state index contributed by atoms with van der Waals surface area (Å²) in [6.45, 7) is 9.06. The van der Waals surface area contributed by atoms with Crippen LogP contribution in [0.1, 0.15) is 30.5 Å². The smallest absolute Gasteiger partial charge is 0.224 e. The van der Waals surface area contributed by atoms with Gasteiger partial charge < -0.3 is 5.32 Å². The number of rotatable bonds is 4. The number of benzene rings is 1. The van der Waals surface area contributed by atoms with Crippen LogP contribution in [0.4, 0.5) is 0 Å². The molecule has 2 nitrogen and oxygen atoms in total. The van der Waals surface area contributed by atoms with Crippen LogP contribution < -0.4 is 5.32 Å². The van der Waals surface area contributed by atoms with E-state index in [1.807, 2.05) is 6.07 Å². The molecule has 2 heteroatoms. The van der Waals surface area contributed by atoms with Crippen LogP contribution in [0.5, 0.6) is 0 Å². The Morgan fingerprint density at radius 3 is 2.56 bits per heavy atom. The summed E-state index contributed by atoms with van der Waals surface area (Å²) in [5, 5.41) is 2.93. The summed E-state index contributed by atoms with van der Waals surface area (Å²) < 4.78 is 0. The van der Waals surface area contributed by atoms with Crippen LogP contribution in [0.2, 0.25) is 0 Å². The predicted octanol–water partition coefficient (Wildman–Crippen LogP) is 2.62. The highest BCUT2D eigenvalue weighted by Crippen LogP contribution is 2.11. The number of carbonyl (C=O) groups excluding carboxylic acids is 1. The fourth-order valence-corrected chi connectivity index (χ4v) is 1.60. The molecule has 0 aromatic heterocycles. The van der Waals surface area contributed by atoms with E-state index in [1.54, 1.807) is 0 Å². The van der Waals surface area contributed by atoms with Gasteiger partial charge in [-0.2, -0.15) is 0 Å². The Labute approximate surface area is 98.1 Å². The Balaban J connectivity index is 2.56. The first-order valence-corrected chi connectivity index (χ1v) is 5.82. The minimum Gasteiger partial charge on any atom is -0.356 e. The van der Waals surface area contributed by atoms with Gasteiger partial charge in [0.1, 0.15) is 0 Å². The summed E-state index contributed by atoms with van der Waals surface area (Å²) in [6, 6.07) is 6.21. The predicted molar refractivity (Wildman–Crippen MR) is 67.5 cm³/mol. The molecule has 0 aliphatic rings. The molecule has 0 atom stereocenters. The zero-order valence-electron chi connectivity index (χ0n) is 10.6. The molecule has 0 saturated heterocycles. The molecule has 1 rings (SSSR count). The molecule has 88 valence electrons. The third-order valence-corrected chi connectivity index (χ3v) is 2.56. The monoisotopic (exact) mass is 219 g/mol. The minimum absolute atomic E-state index is 0.112. The van der Waals surface area contributed by atoms with Crippen molar-refractivity contribution in [2.75, 3.05) is 6.54 Å². The quantitative estimate of drug-likeness (QED) is 0.828. The van der Waals surface area contributed by atoms with Crippen molar-refractivity contribution in [2.45, 2.75) is 34.1 Å². The second-order valence-electron chi connectivity index (χ2n) is 4.80. The number of nitrogens with one attached hydrogen (secondary N) is 1. The van der Waals surface area contributed by atoms with Gasteiger partial charge in [0.05, 0.1) is 6.42 Å². The lowest BCUT2D eigenvalue weighted by atomic mass is 10.0. The highest BCUT2D eigenvalue weighted by atomic mass is 16.1. The van der Waals surface area contributed by atoms with Gasteiger partial charge in [-0.15, -0.1) is 0 Å². The van der Waals surface area contributed by atoms with E-state index in [1.165, 1.54) is 11.1 Å². The molecule has 0 saturated carbocycles. The van der Waals surface area contributed by atoms with Crippen molar-refractivity contribution in [3.05, 3.63) is 34.9 Å². The highest BCUT2D eigenvalue weighted by Gasteiger charge is 2.06. The number of hydrogen-bond donors (Lipinski definition) is 1. The van der Waals surface area contributed by atoms with Gasteiger partial charge in [0.2, 0.25) is 5.91 Å². The summed E-state index contributed by atoms with van der Waals surface area (Å²) in [5.74, 6) is 0.615. The van der Waals surface area contributed by atoms with Gasteiger partial charge in [-0.1, -0.05) is 37.6 Å². The van der Waals surface area contributed by atoms with E-state index in [2.05, 4.69) is 45.1 Å². The summed E-state index contributed by atoms with van der Waals surface area (Å²) in [5.41, 5.74) is 3.55. The van der Waals surface area contributed by atoms with Crippen molar-refractivity contribution < 1.29 is 4.79 Å². The second-order valence-corrected chi connectivity index (χ2v) is 4.80. The molecular formula is C14H21NO. The molecule has 1 aromatic carbocycles. The van der Waals surface area contributed by atoms with Gasteiger partial charge in [0.15, 0.2) is 0 Å². The molecule has 0 aliphatic heterocycles. The first kappa shape index (κ1) is 12.8. The van der Waals surface area contributed by atoms with Crippen LogP contribution in [-0.4, -0.2) is 12.5 Å². The lowest BCUT2D eigenvalue weighted by Crippen LogP contribution is -2.28. The van der Waals surface area contributed by atoms with Gasteiger partial charge in [-0.3, -0.25) is 4.79 Å². The summed E-state index contributed by atoms with van der Waals surface area (Å²) in [4.78, 5) is 11.6. The largest absolute Gasteiger partial charge is 0.356 e. The van der Waals surface area contributed by atoms with Crippen molar-refractivity contribution in [3.63, 3.8) is 0 Å². The van der Waals surface area contributed by atoms with Crippen molar-refractivity contribution in [2.24, 2.45) is 5.92 Å². The van der Waals surface area contributed by atoms with Crippen LogP contribution in [-0.2, 0) is 11.2 Å². The van der Waals surface area contributed by atoms with E-state index in [0.29, 0.717) is 12.3 Å². The number of carbonyl (C=O) groups is 1. The third kappa shape index (κ3) is 4.05. The SMILES string of the molecule is Cc1ccc(CC(=O)NCC(C)C)c(C)c1. The zero-order valence-corrected chi connectivity index (χ0v) is 10.6. The van der Waals surface area contributed by atoms with Gasteiger partial charge in [0, 0.05) is 6.54 Å². The molecule has 0 aliphatic carbocycles. The standard InChI is InChI=1S/C14H21NO/c1-10(2)9-15-14(16)8-13-6-5-11(3)7-12(13)4/h5-7,10H,8-9H2,1-4H3,(H,15,16). The Bertz CT molecular complexity index is 369. The van der Waals surface area contributed by atoms with Crippen LogP contribution in [0.25, 0.3) is 0 Å². The van der Waals surface area contributed by atoms with Gasteiger partial charge in [-0.25, -0.2) is 0 Å². The normalized spacial score (nSPS) is 10.6. The Morgan fingerprint density at radius 2 is 2.00 bits per heavy atom. The minimum atomic E-state index is 0.112. The molecule has 1 amide bonds. The Hall–Kier alpha value is -1.31. The van der Waals surface area contributed by atoms with Crippen molar-refractivity contribution >= 4 is 5.91 Å². The molecular weight excluding hydrogens is 198 g/mol. The number of aryl methyl sites for hydroxylation is 2. The molecule has 0 heterocycles. The van der Waals surface area contributed by atoms with E-state index >= 15 is 0 Å². The summed E-state index contributed by atoms with van der Waals surface area (Å²) in [7, 11) is 0.